The molecule has 0 fully saturated rings. The third-order valence-electron chi connectivity index (χ3n) is 5.25. The van der Waals surface area contributed by atoms with E-state index in [1.807, 2.05) is 24.3 Å². The van der Waals surface area contributed by atoms with Crippen LogP contribution in [-0.2, 0) is 11.3 Å². The van der Waals surface area contributed by atoms with E-state index in [4.69, 9.17) is 9.47 Å². The molecule has 1 aliphatic rings. The van der Waals surface area contributed by atoms with E-state index in [1.165, 1.54) is 13.2 Å². The van der Waals surface area contributed by atoms with Gasteiger partial charge >= 0.3 is 5.97 Å². The van der Waals surface area contributed by atoms with Crippen molar-refractivity contribution in [2.24, 2.45) is 0 Å². The second-order valence-corrected chi connectivity index (χ2v) is 8.47. The highest BCUT2D eigenvalue weighted by atomic mass is 32.2. The van der Waals surface area contributed by atoms with Crippen LogP contribution >= 0.6 is 11.8 Å². The molecule has 0 saturated carbocycles. The molecule has 3 aromatic rings. The van der Waals surface area contributed by atoms with Gasteiger partial charge in [-0.15, -0.1) is 11.8 Å². The molecular formula is C25H23NO5S. The number of para-hydroxylation sites is 1. The number of fused-ring (bicyclic) bond motifs is 2. The molecule has 0 spiro atoms. The third-order valence-corrected chi connectivity index (χ3v) is 6.54. The summed E-state index contributed by atoms with van der Waals surface area (Å²) in [7, 11) is 1.36. The van der Waals surface area contributed by atoms with Gasteiger partial charge in [-0.2, -0.15) is 0 Å². The molecule has 0 radical (unpaired) electrons. The number of thioether (sulfide) groups is 1. The van der Waals surface area contributed by atoms with Gasteiger partial charge in [0.15, 0.2) is 0 Å². The lowest BCUT2D eigenvalue weighted by atomic mass is 9.98. The number of benzene rings is 3. The molecule has 1 unspecified atom stereocenters. The SMILES string of the molecule is COC(=O)c1ccc2c(c1)C(SCCNC(=O)c1ccccc1O)c1ccccc1CO2. The van der Waals surface area contributed by atoms with Crippen LogP contribution in [0.1, 0.15) is 42.7 Å². The molecule has 1 amide bonds. The number of hydrogen-bond donors (Lipinski definition) is 2. The zero-order chi connectivity index (χ0) is 22.5. The van der Waals surface area contributed by atoms with E-state index >= 15 is 0 Å². The number of aromatic hydroxyl groups is 1. The van der Waals surface area contributed by atoms with Crippen LogP contribution in [0.25, 0.3) is 0 Å². The number of rotatable bonds is 6. The van der Waals surface area contributed by atoms with Crippen LogP contribution in [0.15, 0.2) is 66.7 Å². The van der Waals surface area contributed by atoms with Crippen molar-refractivity contribution in [1.82, 2.24) is 5.32 Å². The molecule has 0 aromatic heterocycles. The van der Waals surface area contributed by atoms with E-state index in [9.17, 15) is 14.7 Å². The molecule has 0 saturated heterocycles. The molecule has 32 heavy (non-hydrogen) atoms. The fraction of sp³-hybridized carbons (Fsp3) is 0.200. The van der Waals surface area contributed by atoms with E-state index in [-0.39, 0.29) is 22.5 Å². The van der Waals surface area contributed by atoms with Crippen molar-refractivity contribution in [3.63, 3.8) is 0 Å². The maximum Gasteiger partial charge on any atom is 0.337 e. The van der Waals surface area contributed by atoms with Crippen LogP contribution in [0.5, 0.6) is 11.5 Å². The summed E-state index contributed by atoms with van der Waals surface area (Å²) in [5, 5.41) is 12.6. The summed E-state index contributed by atoms with van der Waals surface area (Å²) in [4.78, 5) is 24.5. The van der Waals surface area contributed by atoms with E-state index in [0.717, 1.165) is 22.4 Å². The minimum absolute atomic E-state index is 0.0447. The molecule has 1 heterocycles. The standard InChI is InChI=1S/C25H23NO5S/c1-30-25(29)16-10-11-22-20(14-16)23(18-7-3-2-6-17(18)15-31-22)32-13-12-26-24(28)19-8-4-5-9-21(19)27/h2-11,14,23,27H,12-13,15H2,1H3,(H,26,28). The van der Waals surface area contributed by atoms with Crippen LogP contribution in [0.2, 0.25) is 0 Å². The average Bonchev–Trinajstić information content (AvgIpc) is 2.98. The number of phenolic OH excluding ortho intramolecular Hbond substituents is 1. The number of esters is 1. The second-order valence-electron chi connectivity index (χ2n) is 7.26. The van der Waals surface area contributed by atoms with Crippen LogP contribution in [0.3, 0.4) is 0 Å². The Kier molecular flexibility index (Phi) is 6.66. The van der Waals surface area contributed by atoms with E-state index in [2.05, 4.69) is 11.4 Å². The number of methoxy groups -OCH3 is 1. The van der Waals surface area contributed by atoms with Gasteiger partial charge in [0.1, 0.15) is 18.1 Å². The third kappa shape index (κ3) is 4.57. The normalized spacial score (nSPS) is 14.3. The number of hydrogen-bond acceptors (Lipinski definition) is 6. The molecule has 0 aliphatic carbocycles. The summed E-state index contributed by atoms with van der Waals surface area (Å²) in [5.41, 5.74) is 3.81. The molecule has 1 atom stereocenters. The summed E-state index contributed by atoms with van der Waals surface area (Å²) in [6.45, 7) is 0.866. The van der Waals surface area contributed by atoms with Gasteiger partial charge in [-0.25, -0.2) is 4.79 Å². The van der Waals surface area contributed by atoms with Gasteiger partial charge < -0.3 is 19.9 Å². The van der Waals surface area contributed by atoms with Gasteiger partial charge in [0.25, 0.3) is 5.91 Å². The Labute approximate surface area is 190 Å². The topological polar surface area (TPSA) is 84.9 Å². The first-order chi connectivity index (χ1) is 15.6. The predicted octanol–water partition coefficient (Wildman–Crippen LogP) is 4.32. The van der Waals surface area contributed by atoms with Gasteiger partial charge in [0, 0.05) is 17.9 Å². The van der Waals surface area contributed by atoms with Gasteiger partial charge in [-0.05, 0) is 41.5 Å². The van der Waals surface area contributed by atoms with Crippen molar-refractivity contribution in [1.29, 1.82) is 0 Å². The first kappa shape index (κ1) is 21.8. The Morgan fingerprint density at radius 1 is 1.09 bits per heavy atom. The van der Waals surface area contributed by atoms with Crippen LogP contribution in [0, 0.1) is 0 Å². The number of ether oxygens (including phenoxy) is 2. The lowest BCUT2D eigenvalue weighted by molar-refractivity contribution is 0.0600. The van der Waals surface area contributed by atoms with Crippen LogP contribution < -0.4 is 10.1 Å². The minimum atomic E-state index is -0.399. The number of carbonyl (C=O) groups is 2. The molecule has 164 valence electrons. The molecule has 6 nitrogen and oxygen atoms in total. The number of carbonyl (C=O) groups excluding carboxylic acids is 2. The Morgan fingerprint density at radius 3 is 2.69 bits per heavy atom. The van der Waals surface area contributed by atoms with Crippen molar-refractivity contribution in [3.05, 3.63) is 94.5 Å². The van der Waals surface area contributed by atoms with E-state index in [0.29, 0.717) is 24.5 Å². The van der Waals surface area contributed by atoms with E-state index < -0.39 is 5.97 Å². The lowest BCUT2D eigenvalue weighted by Crippen LogP contribution is -2.26. The first-order valence-corrected chi connectivity index (χ1v) is 11.2. The Balaban J connectivity index is 1.54. The second kappa shape index (κ2) is 9.78. The number of amides is 1. The summed E-state index contributed by atoms with van der Waals surface area (Å²) in [5.74, 6) is 0.590. The van der Waals surface area contributed by atoms with Gasteiger partial charge in [-0.1, -0.05) is 36.4 Å². The highest BCUT2D eigenvalue weighted by Crippen LogP contribution is 2.44. The lowest BCUT2D eigenvalue weighted by Gasteiger charge is -2.19. The first-order valence-electron chi connectivity index (χ1n) is 10.2. The summed E-state index contributed by atoms with van der Waals surface area (Å²) < 4.78 is 10.9. The largest absolute Gasteiger partial charge is 0.507 e. The highest BCUT2D eigenvalue weighted by molar-refractivity contribution is 7.99. The number of phenols is 1. The van der Waals surface area contributed by atoms with Crippen LogP contribution in [-0.4, -0.2) is 36.4 Å². The molecule has 2 N–H and O–H groups in total. The molecule has 0 bridgehead atoms. The smallest absolute Gasteiger partial charge is 0.337 e. The average molecular weight is 450 g/mol. The van der Waals surface area contributed by atoms with Gasteiger partial charge in [-0.3, -0.25) is 4.79 Å². The summed E-state index contributed by atoms with van der Waals surface area (Å²) in [6, 6.07) is 19.9. The van der Waals surface area contributed by atoms with Crippen molar-refractivity contribution in [2.75, 3.05) is 19.4 Å². The van der Waals surface area contributed by atoms with Crippen molar-refractivity contribution >= 4 is 23.6 Å². The Morgan fingerprint density at radius 2 is 1.88 bits per heavy atom. The fourth-order valence-corrected chi connectivity index (χ4v) is 4.88. The van der Waals surface area contributed by atoms with Gasteiger partial charge in [0.05, 0.1) is 23.5 Å². The minimum Gasteiger partial charge on any atom is -0.507 e. The van der Waals surface area contributed by atoms with Crippen molar-refractivity contribution in [3.8, 4) is 11.5 Å². The molecule has 3 aromatic carbocycles. The maximum atomic E-state index is 12.4. The zero-order valence-corrected chi connectivity index (χ0v) is 18.4. The predicted molar refractivity (Wildman–Crippen MR) is 123 cm³/mol. The maximum absolute atomic E-state index is 12.4. The Hall–Kier alpha value is -3.45. The van der Waals surface area contributed by atoms with E-state index in [1.54, 1.807) is 42.1 Å². The Bertz CT molecular complexity index is 1150. The van der Waals surface area contributed by atoms with Crippen LogP contribution in [0.4, 0.5) is 0 Å². The monoisotopic (exact) mass is 449 g/mol. The van der Waals surface area contributed by atoms with Gasteiger partial charge in [0.2, 0.25) is 0 Å². The summed E-state index contributed by atoms with van der Waals surface area (Å²) in [6.07, 6.45) is 0. The van der Waals surface area contributed by atoms with Crippen molar-refractivity contribution in [2.45, 2.75) is 11.9 Å². The molecule has 4 rings (SSSR count). The fourth-order valence-electron chi connectivity index (χ4n) is 3.66. The molecule has 7 heteroatoms. The molecule has 1 aliphatic heterocycles. The zero-order valence-electron chi connectivity index (χ0n) is 17.5. The van der Waals surface area contributed by atoms with Crippen molar-refractivity contribution < 1.29 is 24.2 Å². The highest BCUT2D eigenvalue weighted by Gasteiger charge is 2.26. The molecular weight excluding hydrogens is 426 g/mol. The number of nitrogens with one attached hydrogen (secondary N) is 1. The quantitative estimate of drug-likeness (QED) is 0.431. The summed E-state index contributed by atoms with van der Waals surface area (Å²) >= 11 is 1.66.